The highest BCUT2D eigenvalue weighted by Gasteiger charge is 2.14. The van der Waals surface area contributed by atoms with Gasteiger partial charge in [0.05, 0.1) is 5.52 Å². The second kappa shape index (κ2) is 8.52. The minimum atomic E-state index is 0.289. The third-order valence-corrected chi connectivity index (χ3v) is 5.18. The first kappa shape index (κ1) is 19.3. The minimum Gasteiger partial charge on any atom is -0.489 e. The Morgan fingerprint density at radius 2 is 1.62 bits per heavy atom. The van der Waals surface area contributed by atoms with E-state index in [0.29, 0.717) is 6.61 Å². The van der Waals surface area contributed by atoms with Crippen molar-refractivity contribution in [1.29, 1.82) is 0 Å². The zero-order valence-corrected chi connectivity index (χ0v) is 17.4. The molecule has 3 nitrogen and oxygen atoms in total. The van der Waals surface area contributed by atoms with Crippen LogP contribution in [0.15, 0.2) is 72.8 Å². The van der Waals surface area contributed by atoms with Crippen molar-refractivity contribution in [2.24, 2.45) is 0 Å². The molecular formula is C26H28N2O. The SMILES string of the molecule is CCCc1ccc(OCc2ccc3c(-c4ccccc4)nn(C(C)C)c3c2)cc1. The van der Waals surface area contributed by atoms with Gasteiger partial charge in [0.15, 0.2) is 0 Å². The van der Waals surface area contributed by atoms with Gasteiger partial charge in [-0.05, 0) is 49.6 Å². The van der Waals surface area contributed by atoms with E-state index in [1.807, 2.05) is 6.07 Å². The fourth-order valence-corrected chi connectivity index (χ4v) is 3.68. The largest absolute Gasteiger partial charge is 0.489 e. The van der Waals surface area contributed by atoms with E-state index in [2.05, 4.69) is 92.2 Å². The summed E-state index contributed by atoms with van der Waals surface area (Å²) in [6.07, 6.45) is 2.27. The Balaban J connectivity index is 1.61. The third-order valence-electron chi connectivity index (χ3n) is 5.18. The number of hydrogen-bond acceptors (Lipinski definition) is 2. The van der Waals surface area contributed by atoms with Crippen LogP contribution in [-0.4, -0.2) is 9.78 Å². The van der Waals surface area contributed by atoms with Gasteiger partial charge < -0.3 is 4.74 Å². The van der Waals surface area contributed by atoms with Gasteiger partial charge in [-0.15, -0.1) is 0 Å². The monoisotopic (exact) mass is 384 g/mol. The maximum absolute atomic E-state index is 6.04. The lowest BCUT2D eigenvalue weighted by atomic mass is 10.1. The van der Waals surface area contributed by atoms with Gasteiger partial charge in [-0.25, -0.2) is 0 Å². The van der Waals surface area contributed by atoms with Crippen LogP contribution in [-0.2, 0) is 13.0 Å². The summed E-state index contributed by atoms with van der Waals surface area (Å²) in [6.45, 7) is 7.09. The highest BCUT2D eigenvalue weighted by Crippen LogP contribution is 2.30. The zero-order chi connectivity index (χ0) is 20.2. The summed E-state index contributed by atoms with van der Waals surface area (Å²) in [5.74, 6) is 0.910. The topological polar surface area (TPSA) is 27.1 Å². The fraction of sp³-hybridized carbons (Fsp3) is 0.269. The van der Waals surface area contributed by atoms with Crippen LogP contribution in [0.2, 0.25) is 0 Å². The predicted octanol–water partition coefficient (Wildman–Crippen LogP) is 6.82. The molecule has 4 rings (SSSR count). The maximum Gasteiger partial charge on any atom is 0.119 e. The van der Waals surface area contributed by atoms with Gasteiger partial charge in [0, 0.05) is 17.0 Å². The molecule has 4 aromatic rings. The highest BCUT2D eigenvalue weighted by atomic mass is 16.5. The van der Waals surface area contributed by atoms with Gasteiger partial charge in [0.25, 0.3) is 0 Å². The van der Waals surface area contributed by atoms with Gasteiger partial charge in [-0.2, -0.15) is 5.10 Å². The van der Waals surface area contributed by atoms with Crippen molar-refractivity contribution in [2.75, 3.05) is 0 Å². The van der Waals surface area contributed by atoms with E-state index < -0.39 is 0 Å². The average molecular weight is 385 g/mol. The molecule has 29 heavy (non-hydrogen) atoms. The number of benzene rings is 3. The number of nitrogens with zero attached hydrogens (tertiary/aromatic N) is 2. The Bertz CT molecular complexity index is 1080. The van der Waals surface area contributed by atoms with Crippen LogP contribution in [0.5, 0.6) is 5.75 Å². The predicted molar refractivity (Wildman–Crippen MR) is 120 cm³/mol. The number of ether oxygens (including phenoxy) is 1. The molecule has 0 saturated heterocycles. The van der Waals surface area contributed by atoms with Crippen molar-refractivity contribution in [2.45, 2.75) is 46.3 Å². The van der Waals surface area contributed by atoms with Crippen LogP contribution < -0.4 is 4.74 Å². The van der Waals surface area contributed by atoms with Crippen molar-refractivity contribution >= 4 is 10.9 Å². The second-order valence-corrected chi connectivity index (χ2v) is 7.79. The first-order valence-electron chi connectivity index (χ1n) is 10.4. The van der Waals surface area contributed by atoms with Crippen LogP contribution in [0, 0.1) is 0 Å². The molecular weight excluding hydrogens is 356 g/mol. The molecule has 0 fully saturated rings. The van der Waals surface area contributed by atoms with E-state index in [-0.39, 0.29) is 6.04 Å². The first-order chi connectivity index (χ1) is 14.2. The van der Waals surface area contributed by atoms with E-state index in [4.69, 9.17) is 9.84 Å². The number of aryl methyl sites for hydroxylation is 1. The smallest absolute Gasteiger partial charge is 0.119 e. The van der Waals surface area contributed by atoms with Gasteiger partial charge in [-0.1, -0.05) is 67.9 Å². The normalized spacial score (nSPS) is 11.3. The molecule has 148 valence electrons. The van der Waals surface area contributed by atoms with E-state index in [0.717, 1.165) is 40.9 Å². The standard InChI is InChI=1S/C26H28N2O/c1-4-8-20-11-14-23(15-12-20)29-18-21-13-16-24-25(17-21)28(19(2)3)27-26(24)22-9-6-5-7-10-22/h5-7,9-17,19H,4,8,18H2,1-3H3. The number of fused-ring (bicyclic) bond motifs is 1. The summed E-state index contributed by atoms with van der Waals surface area (Å²) in [6, 6.07) is 25.6. The number of rotatable bonds is 7. The maximum atomic E-state index is 6.04. The van der Waals surface area contributed by atoms with Gasteiger partial charge in [0.2, 0.25) is 0 Å². The summed E-state index contributed by atoms with van der Waals surface area (Å²) in [7, 11) is 0. The average Bonchev–Trinajstić information content (AvgIpc) is 3.13. The Morgan fingerprint density at radius 1 is 0.897 bits per heavy atom. The Labute approximate surface area is 173 Å². The Hall–Kier alpha value is -3.07. The van der Waals surface area contributed by atoms with Crippen molar-refractivity contribution < 1.29 is 4.74 Å². The zero-order valence-electron chi connectivity index (χ0n) is 17.4. The lowest BCUT2D eigenvalue weighted by molar-refractivity contribution is 0.306. The van der Waals surface area contributed by atoms with E-state index >= 15 is 0 Å². The van der Waals surface area contributed by atoms with Crippen LogP contribution >= 0.6 is 0 Å². The summed E-state index contributed by atoms with van der Waals surface area (Å²) >= 11 is 0. The Kier molecular flexibility index (Phi) is 5.66. The first-order valence-corrected chi connectivity index (χ1v) is 10.4. The fourth-order valence-electron chi connectivity index (χ4n) is 3.68. The van der Waals surface area contributed by atoms with Crippen LogP contribution in [0.3, 0.4) is 0 Å². The second-order valence-electron chi connectivity index (χ2n) is 7.79. The summed E-state index contributed by atoms with van der Waals surface area (Å²) < 4.78 is 8.15. The molecule has 0 radical (unpaired) electrons. The Morgan fingerprint density at radius 3 is 2.31 bits per heavy atom. The van der Waals surface area contributed by atoms with Crippen molar-refractivity contribution in [3.63, 3.8) is 0 Å². The molecule has 1 heterocycles. The molecule has 0 amide bonds. The quantitative estimate of drug-likeness (QED) is 0.350. The lowest BCUT2D eigenvalue weighted by Gasteiger charge is -2.10. The summed E-state index contributed by atoms with van der Waals surface area (Å²) in [5, 5.41) is 6.10. The van der Waals surface area contributed by atoms with Crippen LogP contribution in [0.4, 0.5) is 0 Å². The van der Waals surface area contributed by atoms with Crippen molar-refractivity contribution in [3.8, 4) is 17.0 Å². The third kappa shape index (κ3) is 4.19. The van der Waals surface area contributed by atoms with Gasteiger partial charge in [0.1, 0.15) is 18.1 Å². The lowest BCUT2D eigenvalue weighted by Crippen LogP contribution is -2.03. The molecule has 3 heteroatoms. The van der Waals surface area contributed by atoms with Gasteiger partial charge >= 0.3 is 0 Å². The summed E-state index contributed by atoms with van der Waals surface area (Å²) in [5.41, 5.74) is 5.84. The highest BCUT2D eigenvalue weighted by molar-refractivity contribution is 5.93. The van der Waals surface area contributed by atoms with Crippen LogP contribution in [0.1, 0.15) is 44.4 Å². The van der Waals surface area contributed by atoms with E-state index in [1.54, 1.807) is 0 Å². The minimum absolute atomic E-state index is 0.289. The van der Waals surface area contributed by atoms with Crippen LogP contribution in [0.25, 0.3) is 22.2 Å². The number of aromatic nitrogens is 2. The molecule has 0 aliphatic rings. The van der Waals surface area contributed by atoms with Crippen molar-refractivity contribution in [1.82, 2.24) is 9.78 Å². The summed E-state index contributed by atoms with van der Waals surface area (Å²) in [4.78, 5) is 0. The molecule has 0 N–H and O–H groups in total. The molecule has 0 aliphatic carbocycles. The molecule has 0 bridgehead atoms. The van der Waals surface area contributed by atoms with E-state index in [1.165, 1.54) is 10.9 Å². The molecule has 0 spiro atoms. The molecule has 0 atom stereocenters. The number of hydrogen-bond donors (Lipinski definition) is 0. The molecule has 0 unspecified atom stereocenters. The van der Waals surface area contributed by atoms with Gasteiger partial charge in [-0.3, -0.25) is 4.68 Å². The molecule has 1 aromatic heterocycles. The molecule has 0 saturated carbocycles. The van der Waals surface area contributed by atoms with Crippen molar-refractivity contribution in [3.05, 3.63) is 83.9 Å². The molecule has 0 aliphatic heterocycles. The van der Waals surface area contributed by atoms with E-state index in [9.17, 15) is 0 Å². The molecule has 3 aromatic carbocycles.